The summed E-state index contributed by atoms with van der Waals surface area (Å²) in [6.45, 7) is 2.29. The van der Waals surface area contributed by atoms with Crippen LogP contribution in [-0.4, -0.2) is 13.3 Å². The van der Waals surface area contributed by atoms with Crippen LogP contribution in [0.15, 0.2) is 22.7 Å². The third kappa shape index (κ3) is 5.04. The normalized spacial score (nSPS) is 12.5. The minimum Gasteiger partial charge on any atom is -0.493 e. The van der Waals surface area contributed by atoms with Crippen molar-refractivity contribution in [2.45, 2.75) is 32.2 Å². The summed E-state index contributed by atoms with van der Waals surface area (Å²) in [6.07, 6.45) is 2.34. The molecule has 0 aromatic heterocycles. The van der Waals surface area contributed by atoms with Gasteiger partial charge in [-0.05, 0) is 38.3 Å². The average molecular weight is 304 g/mol. The second kappa shape index (κ2) is 7.67. The summed E-state index contributed by atoms with van der Waals surface area (Å²) in [5.74, 6) is 0.814. The summed E-state index contributed by atoms with van der Waals surface area (Å²) >= 11 is 3.41. The molecule has 2 N–H and O–H groups in total. The van der Waals surface area contributed by atoms with E-state index in [9.17, 15) is 4.39 Å². The molecule has 0 amide bonds. The van der Waals surface area contributed by atoms with Crippen molar-refractivity contribution in [2.75, 3.05) is 13.3 Å². The van der Waals surface area contributed by atoms with Gasteiger partial charge in [0.05, 0.1) is 13.3 Å². The summed E-state index contributed by atoms with van der Waals surface area (Å²) in [4.78, 5) is 0. The van der Waals surface area contributed by atoms with E-state index in [0.29, 0.717) is 13.0 Å². The van der Waals surface area contributed by atoms with Gasteiger partial charge in [0.25, 0.3) is 0 Å². The highest BCUT2D eigenvalue weighted by molar-refractivity contribution is 9.10. The van der Waals surface area contributed by atoms with Crippen LogP contribution >= 0.6 is 15.9 Å². The van der Waals surface area contributed by atoms with Gasteiger partial charge in [-0.15, -0.1) is 0 Å². The minimum atomic E-state index is -0.248. The van der Waals surface area contributed by atoms with Crippen LogP contribution in [-0.2, 0) is 0 Å². The largest absolute Gasteiger partial charge is 0.493 e. The number of hydrogen-bond acceptors (Lipinski definition) is 2. The second-order valence-corrected chi connectivity index (χ2v) is 4.98. The molecule has 4 heteroatoms. The molecule has 0 heterocycles. The first-order valence-electron chi connectivity index (χ1n) is 5.89. The molecule has 2 nitrogen and oxygen atoms in total. The Labute approximate surface area is 110 Å². The Kier molecular flexibility index (Phi) is 6.52. The van der Waals surface area contributed by atoms with Crippen molar-refractivity contribution in [3.63, 3.8) is 0 Å². The Morgan fingerprint density at radius 1 is 1.35 bits per heavy atom. The smallest absolute Gasteiger partial charge is 0.125 e. The van der Waals surface area contributed by atoms with Crippen molar-refractivity contribution < 1.29 is 9.13 Å². The van der Waals surface area contributed by atoms with Crippen LogP contribution in [0.3, 0.4) is 0 Å². The molecule has 1 aromatic rings. The molecule has 96 valence electrons. The molecule has 0 bridgehead atoms. The fraction of sp³-hybridized carbons (Fsp3) is 0.538. The highest BCUT2D eigenvalue weighted by Crippen LogP contribution is 2.27. The van der Waals surface area contributed by atoms with E-state index in [-0.39, 0.29) is 12.7 Å². The standard InChI is InChI=1S/C13H19BrFNO/c1-10(16)12-6-5-11(14)9-13(12)17-8-4-2-3-7-15/h5-6,9-10H,2-4,7-8,16H2,1H3/t10-/m0/s1. The number of unbranched alkanes of at least 4 members (excludes halogenated alkanes) is 2. The van der Waals surface area contributed by atoms with E-state index < -0.39 is 0 Å². The molecule has 0 fully saturated rings. The summed E-state index contributed by atoms with van der Waals surface area (Å²) < 4.78 is 18.6. The quantitative estimate of drug-likeness (QED) is 0.773. The number of rotatable bonds is 7. The van der Waals surface area contributed by atoms with E-state index in [2.05, 4.69) is 15.9 Å². The molecule has 0 aliphatic heterocycles. The van der Waals surface area contributed by atoms with E-state index in [1.54, 1.807) is 0 Å². The van der Waals surface area contributed by atoms with Gasteiger partial charge < -0.3 is 10.5 Å². The monoisotopic (exact) mass is 303 g/mol. The summed E-state index contributed by atoms with van der Waals surface area (Å²) in [5.41, 5.74) is 6.87. The van der Waals surface area contributed by atoms with Gasteiger partial charge in [-0.2, -0.15) is 0 Å². The Hall–Kier alpha value is -0.610. The van der Waals surface area contributed by atoms with E-state index in [4.69, 9.17) is 10.5 Å². The van der Waals surface area contributed by atoms with Crippen LogP contribution in [0.25, 0.3) is 0 Å². The highest BCUT2D eigenvalue weighted by atomic mass is 79.9. The molecule has 0 saturated heterocycles. The molecule has 0 unspecified atom stereocenters. The number of halogens is 2. The number of nitrogens with two attached hydrogens (primary N) is 1. The van der Waals surface area contributed by atoms with E-state index >= 15 is 0 Å². The Morgan fingerprint density at radius 3 is 2.76 bits per heavy atom. The molecule has 0 aliphatic rings. The van der Waals surface area contributed by atoms with Crippen LogP contribution in [0.2, 0.25) is 0 Å². The molecular formula is C13H19BrFNO. The van der Waals surface area contributed by atoms with Gasteiger partial charge in [-0.25, -0.2) is 0 Å². The van der Waals surface area contributed by atoms with Crippen molar-refractivity contribution in [3.8, 4) is 5.75 Å². The van der Waals surface area contributed by atoms with Gasteiger partial charge in [0, 0.05) is 16.1 Å². The van der Waals surface area contributed by atoms with Crippen molar-refractivity contribution in [1.82, 2.24) is 0 Å². The van der Waals surface area contributed by atoms with Crippen LogP contribution in [0.4, 0.5) is 4.39 Å². The SMILES string of the molecule is C[C@H](N)c1ccc(Br)cc1OCCCCCF. The summed E-state index contributed by atoms with van der Waals surface area (Å²) in [6, 6.07) is 5.79. The van der Waals surface area contributed by atoms with Crippen molar-refractivity contribution in [1.29, 1.82) is 0 Å². The first-order chi connectivity index (χ1) is 8.15. The molecule has 1 aromatic carbocycles. The van der Waals surface area contributed by atoms with Crippen molar-refractivity contribution in [2.24, 2.45) is 5.73 Å². The van der Waals surface area contributed by atoms with Gasteiger partial charge in [0.15, 0.2) is 0 Å². The lowest BCUT2D eigenvalue weighted by atomic mass is 10.1. The van der Waals surface area contributed by atoms with E-state index in [1.165, 1.54) is 0 Å². The molecule has 0 aliphatic carbocycles. The maximum Gasteiger partial charge on any atom is 0.125 e. The first kappa shape index (κ1) is 14.5. The fourth-order valence-corrected chi connectivity index (χ4v) is 1.90. The van der Waals surface area contributed by atoms with Crippen LogP contribution in [0.5, 0.6) is 5.75 Å². The zero-order valence-corrected chi connectivity index (χ0v) is 11.7. The van der Waals surface area contributed by atoms with Gasteiger partial charge in [0.1, 0.15) is 5.75 Å². The predicted octanol–water partition coefficient (Wildman–Crippen LogP) is 3.99. The van der Waals surface area contributed by atoms with Gasteiger partial charge >= 0.3 is 0 Å². The van der Waals surface area contributed by atoms with E-state index in [1.807, 2.05) is 25.1 Å². The second-order valence-electron chi connectivity index (χ2n) is 4.07. The lowest BCUT2D eigenvalue weighted by Gasteiger charge is -2.14. The molecule has 0 saturated carbocycles. The Balaban J connectivity index is 2.53. The molecule has 1 rings (SSSR count). The van der Waals surface area contributed by atoms with Crippen LogP contribution in [0, 0.1) is 0 Å². The highest BCUT2D eigenvalue weighted by Gasteiger charge is 2.08. The predicted molar refractivity (Wildman–Crippen MR) is 72.1 cm³/mol. The summed E-state index contributed by atoms with van der Waals surface area (Å²) in [5, 5.41) is 0. The molecular weight excluding hydrogens is 285 g/mol. The van der Waals surface area contributed by atoms with Gasteiger partial charge in [0.2, 0.25) is 0 Å². The zero-order valence-electron chi connectivity index (χ0n) is 10.1. The Morgan fingerprint density at radius 2 is 2.12 bits per heavy atom. The Bertz CT molecular complexity index is 344. The fourth-order valence-electron chi connectivity index (χ4n) is 1.56. The van der Waals surface area contributed by atoms with Crippen molar-refractivity contribution >= 4 is 15.9 Å². The lowest BCUT2D eigenvalue weighted by Crippen LogP contribution is -2.08. The number of benzene rings is 1. The topological polar surface area (TPSA) is 35.2 Å². The van der Waals surface area contributed by atoms with Gasteiger partial charge in [-0.3, -0.25) is 4.39 Å². The third-order valence-electron chi connectivity index (χ3n) is 2.50. The molecule has 17 heavy (non-hydrogen) atoms. The average Bonchev–Trinajstić information content (AvgIpc) is 2.28. The molecule has 0 spiro atoms. The third-order valence-corrected chi connectivity index (χ3v) is 2.99. The van der Waals surface area contributed by atoms with Gasteiger partial charge in [-0.1, -0.05) is 22.0 Å². The van der Waals surface area contributed by atoms with E-state index in [0.717, 1.165) is 28.6 Å². The number of hydrogen-bond donors (Lipinski definition) is 1. The number of alkyl halides is 1. The van der Waals surface area contributed by atoms with Crippen LogP contribution < -0.4 is 10.5 Å². The molecule has 1 atom stereocenters. The van der Waals surface area contributed by atoms with Crippen molar-refractivity contribution in [3.05, 3.63) is 28.2 Å². The zero-order chi connectivity index (χ0) is 12.7. The lowest BCUT2D eigenvalue weighted by molar-refractivity contribution is 0.297. The number of ether oxygens (including phenoxy) is 1. The minimum absolute atomic E-state index is 0.0519. The summed E-state index contributed by atoms with van der Waals surface area (Å²) in [7, 11) is 0. The first-order valence-corrected chi connectivity index (χ1v) is 6.68. The maximum absolute atomic E-state index is 11.9. The molecule has 0 radical (unpaired) electrons. The van der Waals surface area contributed by atoms with Crippen LogP contribution in [0.1, 0.15) is 37.8 Å². The maximum atomic E-state index is 11.9.